The molecule has 2 nitrogen and oxygen atoms in total. The molecule has 0 fully saturated rings. The van der Waals surface area contributed by atoms with E-state index in [0.717, 1.165) is 16.3 Å². The highest BCUT2D eigenvalue weighted by atomic mass is 19.1. The standard InChI is InChI=1S/C19H11FO2/c20-15-7-8-18-16(10-15)19(21)17(11-22-18)14-6-5-12-3-1-2-4-13(12)9-14/h1-11H. The van der Waals surface area contributed by atoms with Gasteiger partial charge in [-0.15, -0.1) is 0 Å². The zero-order chi connectivity index (χ0) is 15.1. The smallest absolute Gasteiger partial charge is 0.200 e. The van der Waals surface area contributed by atoms with E-state index < -0.39 is 5.82 Å². The van der Waals surface area contributed by atoms with Crippen LogP contribution in [0.1, 0.15) is 0 Å². The predicted octanol–water partition coefficient (Wildman–Crippen LogP) is 4.75. The molecule has 0 amide bonds. The van der Waals surface area contributed by atoms with Gasteiger partial charge in [-0.05, 0) is 40.6 Å². The zero-order valence-electron chi connectivity index (χ0n) is 11.5. The summed E-state index contributed by atoms with van der Waals surface area (Å²) in [5.41, 5.74) is 1.36. The molecule has 3 heteroatoms. The number of hydrogen-bond donors (Lipinski definition) is 0. The molecule has 3 aromatic carbocycles. The zero-order valence-corrected chi connectivity index (χ0v) is 11.5. The van der Waals surface area contributed by atoms with Crippen LogP contribution in [0.5, 0.6) is 0 Å². The van der Waals surface area contributed by atoms with Crippen molar-refractivity contribution in [1.29, 1.82) is 0 Å². The van der Waals surface area contributed by atoms with Gasteiger partial charge in [-0.2, -0.15) is 0 Å². The minimum absolute atomic E-state index is 0.226. The Bertz CT molecular complexity index is 1060. The van der Waals surface area contributed by atoms with Gasteiger partial charge in [-0.1, -0.05) is 36.4 Å². The summed E-state index contributed by atoms with van der Waals surface area (Å²) in [6.07, 6.45) is 1.44. The van der Waals surface area contributed by atoms with E-state index in [2.05, 4.69) is 0 Å². The molecule has 106 valence electrons. The van der Waals surface area contributed by atoms with Gasteiger partial charge in [0.15, 0.2) is 0 Å². The summed E-state index contributed by atoms with van der Waals surface area (Å²) in [6, 6.07) is 17.6. The molecule has 0 spiro atoms. The van der Waals surface area contributed by atoms with E-state index in [4.69, 9.17) is 4.42 Å². The van der Waals surface area contributed by atoms with Crippen molar-refractivity contribution in [1.82, 2.24) is 0 Å². The summed E-state index contributed by atoms with van der Waals surface area (Å²) < 4.78 is 18.9. The number of halogens is 1. The molecule has 0 aliphatic heterocycles. The molecule has 0 saturated heterocycles. The first-order valence-electron chi connectivity index (χ1n) is 6.93. The van der Waals surface area contributed by atoms with E-state index in [9.17, 15) is 9.18 Å². The van der Waals surface area contributed by atoms with Crippen molar-refractivity contribution in [2.24, 2.45) is 0 Å². The van der Waals surface area contributed by atoms with Gasteiger partial charge >= 0.3 is 0 Å². The van der Waals surface area contributed by atoms with Crippen molar-refractivity contribution in [2.45, 2.75) is 0 Å². The highest BCUT2D eigenvalue weighted by Crippen LogP contribution is 2.24. The van der Waals surface area contributed by atoms with Gasteiger partial charge in [0.2, 0.25) is 5.43 Å². The van der Waals surface area contributed by atoms with Gasteiger partial charge in [0.1, 0.15) is 17.7 Å². The molecule has 0 aliphatic carbocycles. The molecule has 0 aliphatic rings. The van der Waals surface area contributed by atoms with Crippen molar-refractivity contribution in [2.75, 3.05) is 0 Å². The minimum atomic E-state index is -0.449. The van der Waals surface area contributed by atoms with Crippen LogP contribution in [-0.4, -0.2) is 0 Å². The molecule has 0 unspecified atom stereocenters. The van der Waals surface area contributed by atoms with Crippen LogP contribution < -0.4 is 5.43 Å². The van der Waals surface area contributed by atoms with E-state index in [1.165, 1.54) is 24.5 Å². The van der Waals surface area contributed by atoms with Crippen LogP contribution in [0, 0.1) is 5.82 Å². The predicted molar refractivity (Wildman–Crippen MR) is 85.4 cm³/mol. The largest absolute Gasteiger partial charge is 0.463 e. The Balaban J connectivity index is 1.99. The molecule has 4 rings (SSSR count). The average molecular weight is 290 g/mol. The topological polar surface area (TPSA) is 30.2 Å². The Morgan fingerprint density at radius 1 is 0.864 bits per heavy atom. The molecular weight excluding hydrogens is 279 g/mol. The number of hydrogen-bond acceptors (Lipinski definition) is 2. The van der Waals surface area contributed by atoms with Crippen molar-refractivity contribution in [3.8, 4) is 11.1 Å². The van der Waals surface area contributed by atoms with Crippen molar-refractivity contribution in [3.63, 3.8) is 0 Å². The molecular formula is C19H11FO2. The normalized spacial score (nSPS) is 11.1. The van der Waals surface area contributed by atoms with E-state index in [1.807, 2.05) is 42.5 Å². The lowest BCUT2D eigenvalue weighted by Crippen LogP contribution is -2.05. The molecule has 1 heterocycles. The van der Waals surface area contributed by atoms with Crippen molar-refractivity contribution >= 4 is 21.7 Å². The van der Waals surface area contributed by atoms with Gasteiger partial charge < -0.3 is 4.42 Å². The highest BCUT2D eigenvalue weighted by Gasteiger charge is 2.10. The van der Waals surface area contributed by atoms with Crippen LogP contribution >= 0.6 is 0 Å². The summed E-state index contributed by atoms with van der Waals surface area (Å²) >= 11 is 0. The van der Waals surface area contributed by atoms with Gasteiger partial charge in [0, 0.05) is 0 Å². The quantitative estimate of drug-likeness (QED) is 0.506. The monoisotopic (exact) mass is 290 g/mol. The van der Waals surface area contributed by atoms with Gasteiger partial charge in [-0.3, -0.25) is 4.79 Å². The average Bonchev–Trinajstić information content (AvgIpc) is 2.55. The van der Waals surface area contributed by atoms with Crippen LogP contribution in [0.25, 0.3) is 32.9 Å². The van der Waals surface area contributed by atoms with Crippen LogP contribution in [0.4, 0.5) is 4.39 Å². The molecule has 22 heavy (non-hydrogen) atoms. The third-order valence-corrected chi connectivity index (χ3v) is 3.80. The Morgan fingerprint density at radius 2 is 1.68 bits per heavy atom. The van der Waals surface area contributed by atoms with E-state index in [1.54, 1.807) is 0 Å². The van der Waals surface area contributed by atoms with Gasteiger partial charge in [0.05, 0.1) is 10.9 Å². The lowest BCUT2D eigenvalue weighted by molar-refractivity contribution is 0.598. The van der Waals surface area contributed by atoms with Gasteiger partial charge in [-0.25, -0.2) is 4.39 Å². The Morgan fingerprint density at radius 3 is 2.55 bits per heavy atom. The number of rotatable bonds is 1. The summed E-state index contributed by atoms with van der Waals surface area (Å²) in [7, 11) is 0. The van der Waals surface area contributed by atoms with E-state index in [-0.39, 0.29) is 10.8 Å². The summed E-state index contributed by atoms with van der Waals surface area (Å²) in [6.45, 7) is 0. The fourth-order valence-corrected chi connectivity index (χ4v) is 2.66. The fraction of sp³-hybridized carbons (Fsp3) is 0. The molecule has 1 aromatic heterocycles. The Kier molecular flexibility index (Phi) is 2.79. The van der Waals surface area contributed by atoms with Crippen LogP contribution in [0.15, 0.2) is 76.1 Å². The SMILES string of the molecule is O=c1c(-c2ccc3ccccc3c2)coc2ccc(F)cc12. The Labute approximate surface area is 125 Å². The molecule has 4 aromatic rings. The Hall–Kier alpha value is -2.94. The number of benzene rings is 3. The van der Waals surface area contributed by atoms with Crippen molar-refractivity contribution in [3.05, 3.63) is 83.0 Å². The van der Waals surface area contributed by atoms with Crippen LogP contribution in [-0.2, 0) is 0 Å². The van der Waals surface area contributed by atoms with Crippen molar-refractivity contribution < 1.29 is 8.81 Å². The molecule has 0 N–H and O–H groups in total. The molecule has 0 atom stereocenters. The second-order valence-corrected chi connectivity index (χ2v) is 5.18. The first kappa shape index (κ1) is 12.8. The third kappa shape index (κ3) is 1.99. The summed E-state index contributed by atoms with van der Waals surface area (Å²) in [5.74, 6) is -0.449. The first-order valence-corrected chi connectivity index (χ1v) is 6.93. The maximum Gasteiger partial charge on any atom is 0.200 e. The van der Waals surface area contributed by atoms with E-state index >= 15 is 0 Å². The molecule has 0 radical (unpaired) electrons. The molecule has 0 bridgehead atoms. The van der Waals surface area contributed by atoms with E-state index in [0.29, 0.717) is 11.1 Å². The third-order valence-electron chi connectivity index (χ3n) is 3.80. The lowest BCUT2D eigenvalue weighted by atomic mass is 10.0. The minimum Gasteiger partial charge on any atom is -0.463 e. The van der Waals surface area contributed by atoms with Crippen LogP contribution in [0.2, 0.25) is 0 Å². The first-order chi connectivity index (χ1) is 10.7. The molecule has 0 saturated carbocycles. The fourth-order valence-electron chi connectivity index (χ4n) is 2.66. The summed E-state index contributed by atoms with van der Waals surface area (Å²) in [4.78, 5) is 12.6. The van der Waals surface area contributed by atoms with Crippen LogP contribution in [0.3, 0.4) is 0 Å². The second kappa shape index (κ2) is 4.81. The highest BCUT2D eigenvalue weighted by molar-refractivity contribution is 5.89. The maximum atomic E-state index is 13.4. The second-order valence-electron chi connectivity index (χ2n) is 5.18. The van der Waals surface area contributed by atoms with Gasteiger partial charge in [0.25, 0.3) is 0 Å². The maximum absolute atomic E-state index is 13.4. The number of fused-ring (bicyclic) bond motifs is 2. The lowest BCUT2D eigenvalue weighted by Gasteiger charge is -2.05. The summed E-state index contributed by atoms with van der Waals surface area (Å²) in [5, 5.41) is 2.40.